The van der Waals surface area contributed by atoms with Crippen LogP contribution in [0.2, 0.25) is 0 Å². The summed E-state index contributed by atoms with van der Waals surface area (Å²) in [6, 6.07) is 0. The third kappa shape index (κ3) is 2.31. The van der Waals surface area contributed by atoms with Crippen LogP contribution in [-0.4, -0.2) is 14.3 Å². The zero-order chi connectivity index (χ0) is 9.35. The largest absolute Gasteiger partial charge is 0.298 e. The van der Waals surface area contributed by atoms with Crippen LogP contribution in [0.1, 0.15) is 6.42 Å². The zero-order valence-electron chi connectivity index (χ0n) is 6.36. The van der Waals surface area contributed by atoms with Crippen molar-refractivity contribution < 1.29 is 13.2 Å². The van der Waals surface area contributed by atoms with E-state index in [0.717, 1.165) is 0 Å². The van der Waals surface area contributed by atoms with Crippen molar-refractivity contribution in [3.8, 4) is 0 Å². The highest BCUT2D eigenvalue weighted by molar-refractivity contribution is 7.87. The van der Waals surface area contributed by atoms with E-state index >= 15 is 0 Å². The summed E-state index contributed by atoms with van der Waals surface area (Å²) in [6.45, 7) is 3.49. The predicted molar refractivity (Wildman–Crippen MR) is 43.0 cm³/mol. The van der Waals surface area contributed by atoms with Gasteiger partial charge in [0.25, 0.3) is 10.2 Å². The van der Waals surface area contributed by atoms with Crippen LogP contribution >= 0.6 is 0 Å². The van der Waals surface area contributed by atoms with Crippen LogP contribution in [0.15, 0.2) is 12.7 Å². The fourth-order valence-corrected chi connectivity index (χ4v) is 1.42. The molecule has 1 aliphatic carbocycles. The smallest absolute Gasteiger partial charge is 0.274 e. The summed E-state index contributed by atoms with van der Waals surface area (Å²) in [6.07, 6.45) is 2.29. The lowest BCUT2D eigenvalue weighted by atomic mass is 10.3. The van der Waals surface area contributed by atoms with Gasteiger partial charge in [0.15, 0.2) is 0 Å². The van der Waals surface area contributed by atoms with Crippen molar-refractivity contribution in [3.05, 3.63) is 12.7 Å². The van der Waals surface area contributed by atoms with E-state index in [2.05, 4.69) is 11.7 Å². The van der Waals surface area contributed by atoms with Gasteiger partial charge in [-0.1, -0.05) is 6.08 Å². The first-order valence-electron chi connectivity index (χ1n) is 3.41. The van der Waals surface area contributed by atoms with Crippen molar-refractivity contribution in [3.63, 3.8) is 0 Å². The molecule has 1 amide bonds. The van der Waals surface area contributed by atoms with Gasteiger partial charge in [-0.25, -0.2) is 9.86 Å². The number of rotatable bonds is 3. The number of carbonyl (C=O) groups excluding carboxylic acids is 1. The Balaban J connectivity index is 2.47. The quantitative estimate of drug-likeness (QED) is 0.567. The van der Waals surface area contributed by atoms with E-state index in [9.17, 15) is 13.2 Å². The molecule has 6 heteroatoms. The maximum Gasteiger partial charge on any atom is 0.298 e. The highest BCUT2D eigenvalue weighted by Gasteiger charge is 2.41. The molecule has 0 heterocycles. The Bertz CT molecular complexity index is 309. The molecule has 0 radical (unpaired) electrons. The average molecular weight is 190 g/mol. The second kappa shape index (κ2) is 2.87. The molecule has 0 bridgehead atoms. The number of allylic oxidation sites excluding steroid dienone is 1. The summed E-state index contributed by atoms with van der Waals surface area (Å²) < 4.78 is 22.5. The second-order valence-corrected chi connectivity index (χ2v) is 4.05. The third-order valence-corrected chi connectivity index (χ3v) is 2.21. The molecule has 3 N–H and O–H groups in total. The lowest BCUT2D eigenvalue weighted by molar-refractivity contribution is -0.120. The molecule has 2 atom stereocenters. The molecule has 68 valence electrons. The molecule has 0 spiro atoms. The van der Waals surface area contributed by atoms with E-state index in [1.54, 1.807) is 10.8 Å². The van der Waals surface area contributed by atoms with E-state index in [-0.39, 0.29) is 11.8 Å². The first kappa shape index (κ1) is 9.21. The van der Waals surface area contributed by atoms with Crippen LogP contribution < -0.4 is 9.86 Å². The number of nitrogens with two attached hydrogens (primary N) is 1. The van der Waals surface area contributed by atoms with Crippen LogP contribution in [0.4, 0.5) is 0 Å². The maximum atomic E-state index is 11.0. The average Bonchev–Trinajstić information content (AvgIpc) is 2.60. The Labute approximate surface area is 70.8 Å². The van der Waals surface area contributed by atoms with Gasteiger partial charge in [-0.3, -0.25) is 4.79 Å². The second-order valence-electron chi connectivity index (χ2n) is 2.75. The van der Waals surface area contributed by atoms with Gasteiger partial charge in [-0.2, -0.15) is 8.42 Å². The molecule has 1 saturated carbocycles. The molecular weight excluding hydrogens is 180 g/mol. The van der Waals surface area contributed by atoms with Gasteiger partial charge in [0, 0.05) is 5.92 Å². The van der Waals surface area contributed by atoms with Crippen molar-refractivity contribution in [2.24, 2.45) is 17.0 Å². The number of hydrogen-bond donors (Lipinski definition) is 2. The first-order valence-corrected chi connectivity index (χ1v) is 4.95. The van der Waals surface area contributed by atoms with Gasteiger partial charge in [0.2, 0.25) is 5.91 Å². The maximum absolute atomic E-state index is 11.0. The van der Waals surface area contributed by atoms with Crippen molar-refractivity contribution in [2.75, 3.05) is 0 Å². The van der Waals surface area contributed by atoms with Gasteiger partial charge in [-0.05, 0) is 12.3 Å². The Morgan fingerprint density at radius 3 is 2.58 bits per heavy atom. The molecule has 0 aromatic heterocycles. The van der Waals surface area contributed by atoms with Crippen LogP contribution in [-0.2, 0) is 15.0 Å². The molecule has 5 nitrogen and oxygen atoms in total. The fraction of sp³-hybridized carbons (Fsp3) is 0.500. The molecule has 0 aromatic rings. The predicted octanol–water partition coefficient (Wildman–Crippen LogP) is -0.872. The minimum Gasteiger partial charge on any atom is -0.274 e. The Morgan fingerprint density at radius 2 is 2.25 bits per heavy atom. The minimum absolute atomic E-state index is 0.103. The van der Waals surface area contributed by atoms with Crippen LogP contribution in [0.25, 0.3) is 0 Å². The van der Waals surface area contributed by atoms with Crippen LogP contribution in [0.5, 0.6) is 0 Å². The van der Waals surface area contributed by atoms with Crippen molar-refractivity contribution in [1.29, 1.82) is 0 Å². The number of nitrogens with one attached hydrogen (secondary N) is 1. The Kier molecular flexibility index (Phi) is 2.20. The van der Waals surface area contributed by atoms with Crippen molar-refractivity contribution in [2.45, 2.75) is 6.42 Å². The number of hydrogen-bond acceptors (Lipinski definition) is 3. The first-order chi connectivity index (χ1) is 5.44. The highest BCUT2D eigenvalue weighted by atomic mass is 32.2. The summed E-state index contributed by atoms with van der Waals surface area (Å²) in [5, 5.41) is 4.60. The zero-order valence-corrected chi connectivity index (χ0v) is 7.17. The summed E-state index contributed by atoms with van der Waals surface area (Å²) in [7, 11) is -3.89. The van der Waals surface area contributed by atoms with E-state index < -0.39 is 16.1 Å². The molecule has 0 unspecified atom stereocenters. The SMILES string of the molecule is C=C[C@@H]1C[C@@H]1C(=O)NS(N)(=O)=O. The number of amides is 1. The lowest BCUT2D eigenvalue weighted by Gasteiger charge is -1.99. The van der Waals surface area contributed by atoms with E-state index in [0.29, 0.717) is 6.42 Å². The molecule has 0 aromatic carbocycles. The lowest BCUT2D eigenvalue weighted by Crippen LogP contribution is -2.37. The molecule has 12 heavy (non-hydrogen) atoms. The van der Waals surface area contributed by atoms with Crippen LogP contribution in [0.3, 0.4) is 0 Å². The van der Waals surface area contributed by atoms with Gasteiger partial charge in [-0.15, -0.1) is 6.58 Å². The van der Waals surface area contributed by atoms with Gasteiger partial charge < -0.3 is 0 Å². The fourth-order valence-electron chi connectivity index (χ4n) is 0.993. The van der Waals surface area contributed by atoms with E-state index in [4.69, 9.17) is 0 Å². The van der Waals surface area contributed by atoms with E-state index in [1.165, 1.54) is 0 Å². The Morgan fingerprint density at radius 1 is 1.67 bits per heavy atom. The third-order valence-electron chi connectivity index (χ3n) is 1.72. The standard InChI is InChI=1S/C6H10N2O3S/c1-2-4-3-5(4)6(9)8-12(7,10)11/h2,4-5H,1,3H2,(H,8,9)(H2,7,10,11)/t4-,5+/m1/s1. The van der Waals surface area contributed by atoms with Crippen molar-refractivity contribution >= 4 is 16.1 Å². The Hall–Kier alpha value is -0.880. The molecule has 1 rings (SSSR count). The summed E-state index contributed by atoms with van der Waals surface area (Å²) in [5.41, 5.74) is 0. The molecule has 1 aliphatic rings. The summed E-state index contributed by atoms with van der Waals surface area (Å²) >= 11 is 0. The molecule has 0 aliphatic heterocycles. The van der Waals surface area contributed by atoms with Gasteiger partial charge in [0.1, 0.15) is 0 Å². The van der Waals surface area contributed by atoms with Gasteiger partial charge >= 0.3 is 0 Å². The molecular formula is C6H10N2O3S. The van der Waals surface area contributed by atoms with Crippen LogP contribution in [0, 0.1) is 11.8 Å². The number of carbonyl (C=O) groups is 1. The summed E-state index contributed by atoms with van der Waals surface area (Å²) in [5.74, 6) is -0.699. The topological polar surface area (TPSA) is 89.3 Å². The minimum atomic E-state index is -3.89. The molecule has 0 saturated heterocycles. The highest BCUT2D eigenvalue weighted by Crippen LogP contribution is 2.39. The van der Waals surface area contributed by atoms with E-state index in [1.807, 2.05) is 0 Å². The van der Waals surface area contributed by atoms with Crippen molar-refractivity contribution in [1.82, 2.24) is 4.72 Å². The monoisotopic (exact) mass is 190 g/mol. The van der Waals surface area contributed by atoms with Gasteiger partial charge in [0.05, 0.1) is 0 Å². The molecule has 1 fully saturated rings. The summed E-state index contributed by atoms with van der Waals surface area (Å²) in [4.78, 5) is 11.0. The normalized spacial score (nSPS) is 27.8.